The number of nitrogens with zero attached hydrogens (tertiary/aromatic N) is 2. The van der Waals surface area contributed by atoms with Crippen molar-refractivity contribution in [3.8, 4) is 0 Å². The topological polar surface area (TPSA) is 66.9 Å². The molecule has 0 aromatic carbocycles. The zero-order chi connectivity index (χ0) is 11.4. The van der Waals surface area contributed by atoms with Crippen molar-refractivity contribution >= 4 is 17.4 Å². The van der Waals surface area contributed by atoms with Crippen LogP contribution in [0.4, 0.5) is 0 Å². The Morgan fingerprint density at radius 1 is 1.69 bits per heavy atom. The first kappa shape index (κ1) is 11.5. The molecule has 0 unspecified atom stereocenters. The third-order valence-electron chi connectivity index (χ3n) is 2.64. The molecule has 1 atom stereocenters. The maximum absolute atomic E-state index is 11.9. The van der Waals surface area contributed by atoms with Gasteiger partial charge in [-0.15, -0.1) is 5.10 Å². The number of nitrogens with one attached hydrogen (secondary N) is 2. The first-order valence-corrected chi connectivity index (χ1v) is 6.41. The van der Waals surface area contributed by atoms with Crippen LogP contribution < -0.4 is 10.6 Å². The van der Waals surface area contributed by atoms with Gasteiger partial charge in [0.15, 0.2) is 0 Å². The minimum absolute atomic E-state index is 0.0212. The van der Waals surface area contributed by atoms with Gasteiger partial charge in [-0.2, -0.15) is 0 Å². The van der Waals surface area contributed by atoms with Crippen molar-refractivity contribution in [1.82, 2.24) is 20.2 Å². The maximum atomic E-state index is 11.9. The largest absolute Gasteiger partial charge is 0.347 e. The van der Waals surface area contributed by atoms with Crippen LogP contribution in [0.15, 0.2) is 0 Å². The van der Waals surface area contributed by atoms with Crippen molar-refractivity contribution in [3.63, 3.8) is 0 Å². The van der Waals surface area contributed by atoms with Gasteiger partial charge in [-0.05, 0) is 30.9 Å². The fourth-order valence-corrected chi connectivity index (χ4v) is 2.42. The van der Waals surface area contributed by atoms with Gasteiger partial charge < -0.3 is 10.6 Å². The normalized spacial score (nSPS) is 19.9. The third kappa shape index (κ3) is 2.56. The van der Waals surface area contributed by atoms with E-state index in [1.54, 1.807) is 0 Å². The van der Waals surface area contributed by atoms with Crippen LogP contribution in [0, 0.1) is 0 Å². The van der Waals surface area contributed by atoms with E-state index in [-0.39, 0.29) is 11.9 Å². The van der Waals surface area contributed by atoms with E-state index >= 15 is 0 Å². The van der Waals surface area contributed by atoms with Gasteiger partial charge in [0.05, 0.1) is 5.69 Å². The second-order valence-corrected chi connectivity index (χ2v) is 4.72. The van der Waals surface area contributed by atoms with Crippen molar-refractivity contribution in [2.75, 3.05) is 13.1 Å². The predicted octanol–water partition coefficient (Wildman–Crippen LogP) is 0.582. The molecule has 1 aromatic rings. The highest BCUT2D eigenvalue weighted by Crippen LogP contribution is 2.13. The van der Waals surface area contributed by atoms with Gasteiger partial charge in [0, 0.05) is 12.6 Å². The highest BCUT2D eigenvalue weighted by Gasteiger charge is 2.21. The molecule has 2 N–H and O–H groups in total. The lowest BCUT2D eigenvalue weighted by molar-refractivity contribution is 0.0943. The summed E-state index contributed by atoms with van der Waals surface area (Å²) in [6.07, 6.45) is 2.81. The molecular formula is C10H16N4OS. The predicted molar refractivity (Wildman–Crippen MR) is 62.6 cm³/mol. The highest BCUT2D eigenvalue weighted by atomic mass is 32.1. The van der Waals surface area contributed by atoms with Gasteiger partial charge in [0.1, 0.15) is 4.88 Å². The molecule has 1 saturated heterocycles. The standard InChI is InChI=1S/C10H16N4OS/c1-2-3-8-9(16-14-13-8)10(15)12-7-4-5-11-6-7/h7,11H,2-6H2,1H3,(H,12,15)/t7-/m0/s1. The van der Waals surface area contributed by atoms with Gasteiger partial charge in [0.25, 0.3) is 5.91 Å². The molecule has 2 heterocycles. The molecule has 16 heavy (non-hydrogen) atoms. The molecule has 5 nitrogen and oxygen atoms in total. The van der Waals surface area contributed by atoms with Crippen LogP contribution in [0.5, 0.6) is 0 Å². The molecule has 1 fully saturated rings. The van der Waals surface area contributed by atoms with E-state index in [9.17, 15) is 4.79 Å². The van der Waals surface area contributed by atoms with Crippen LogP contribution >= 0.6 is 11.5 Å². The van der Waals surface area contributed by atoms with Gasteiger partial charge in [-0.25, -0.2) is 0 Å². The zero-order valence-electron chi connectivity index (χ0n) is 9.32. The van der Waals surface area contributed by atoms with E-state index in [1.807, 2.05) is 0 Å². The van der Waals surface area contributed by atoms with Gasteiger partial charge in [-0.1, -0.05) is 17.8 Å². The molecule has 1 aromatic heterocycles. The lowest BCUT2D eigenvalue weighted by Gasteiger charge is -2.10. The SMILES string of the molecule is CCCc1nnsc1C(=O)N[C@H]1CCNC1. The molecule has 0 aliphatic carbocycles. The van der Waals surface area contributed by atoms with Crippen LogP contribution in [0.1, 0.15) is 35.1 Å². The molecule has 0 saturated carbocycles. The minimum atomic E-state index is -0.0212. The molecular weight excluding hydrogens is 224 g/mol. The van der Waals surface area contributed by atoms with E-state index in [0.717, 1.165) is 38.0 Å². The fraction of sp³-hybridized carbons (Fsp3) is 0.700. The Morgan fingerprint density at radius 2 is 2.56 bits per heavy atom. The summed E-state index contributed by atoms with van der Waals surface area (Å²) < 4.78 is 3.85. The molecule has 0 radical (unpaired) electrons. The fourth-order valence-electron chi connectivity index (χ4n) is 1.81. The lowest BCUT2D eigenvalue weighted by Crippen LogP contribution is -2.36. The Morgan fingerprint density at radius 3 is 3.25 bits per heavy atom. The number of aromatic nitrogens is 2. The summed E-state index contributed by atoms with van der Waals surface area (Å²) >= 11 is 1.19. The summed E-state index contributed by atoms with van der Waals surface area (Å²) in [6, 6.07) is 0.254. The van der Waals surface area contributed by atoms with E-state index in [1.165, 1.54) is 11.5 Å². The zero-order valence-corrected chi connectivity index (χ0v) is 10.1. The molecule has 0 bridgehead atoms. The molecule has 2 rings (SSSR count). The highest BCUT2D eigenvalue weighted by molar-refractivity contribution is 7.08. The van der Waals surface area contributed by atoms with Crippen molar-refractivity contribution in [3.05, 3.63) is 10.6 Å². The monoisotopic (exact) mass is 240 g/mol. The third-order valence-corrected chi connectivity index (χ3v) is 3.41. The number of carbonyl (C=O) groups is 1. The lowest BCUT2D eigenvalue weighted by atomic mass is 10.2. The summed E-state index contributed by atoms with van der Waals surface area (Å²) in [5, 5.41) is 10.2. The van der Waals surface area contributed by atoms with E-state index in [4.69, 9.17) is 0 Å². The van der Waals surface area contributed by atoms with Crippen LogP contribution in [-0.2, 0) is 6.42 Å². The average molecular weight is 240 g/mol. The van der Waals surface area contributed by atoms with Crippen LogP contribution in [-0.4, -0.2) is 34.6 Å². The molecule has 88 valence electrons. The quantitative estimate of drug-likeness (QED) is 0.808. The smallest absolute Gasteiger partial charge is 0.265 e. The minimum Gasteiger partial charge on any atom is -0.347 e. The van der Waals surface area contributed by atoms with Crippen LogP contribution in [0.3, 0.4) is 0 Å². The molecule has 1 aliphatic rings. The van der Waals surface area contributed by atoms with Crippen molar-refractivity contribution < 1.29 is 4.79 Å². The summed E-state index contributed by atoms with van der Waals surface area (Å²) in [5.74, 6) is -0.0212. The van der Waals surface area contributed by atoms with E-state index < -0.39 is 0 Å². The average Bonchev–Trinajstić information content (AvgIpc) is 2.89. The number of aryl methyl sites for hydroxylation is 1. The first-order chi connectivity index (χ1) is 7.81. The summed E-state index contributed by atoms with van der Waals surface area (Å²) in [7, 11) is 0. The van der Waals surface area contributed by atoms with E-state index in [2.05, 4.69) is 27.1 Å². The summed E-state index contributed by atoms with van der Waals surface area (Å²) in [6.45, 7) is 3.91. The molecule has 1 amide bonds. The van der Waals surface area contributed by atoms with Crippen LogP contribution in [0.25, 0.3) is 0 Å². The summed E-state index contributed by atoms with van der Waals surface area (Å²) in [5.41, 5.74) is 0.830. The Balaban J connectivity index is 1.99. The number of rotatable bonds is 4. The number of hydrogen-bond acceptors (Lipinski definition) is 5. The molecule has 0 spiro atoms. The Bertz CT molecular complexity index is 359. The first-order valence-electron chi connectivity index (χ1n) is 5.64. The summed E-state index contributed by atoms with van der Waals surface area (Å²) in [4.78, 5) is 12.6. The van der Waals surface area contributed by atoms with Gasteiger partial charge in [-0.3, -0.25) is 4.79 Å². The van der Waals surface area contributed by atoms with E-state index in [0.29, 0.717) is 4.88 Å². The number of hydrogen-bond donors (Lipinski definition) is 2. The Kier molecular flexibility index (Phi) is 3.84. The second kappa shape index (κ2) is 5.36. The Labute approximate surface area is 98.8 Å². The Hall–Kier alpha value is -1.01. The number of amides is 1. The van der Waals surface area contributed by atoms with Crippen molar-refractivity contribution in [1.29, 1.82) is 0 Å². The second-order valence-electron chi connectivity index (χ2n) is 3.96. The van der Waals surface area contributed by atoms with Gasteiger partial charge >= 0.3 is 0 Å². The number of carbonyl (C=O) groups excluding carboxylic acids is 1. The van der Waals surface area contributed by atoms with Crippen molar-refractivity contribution in [2.45, 2.75) is 32.2 Å². The maximum Gasteiger partial charge on any atom is 0.265 e. The van der Waals surface area contributed by atoms with Crippen molar-refractivity contribution in [2.24, 2.45) is 0 Å². The van der Waals surface area contributed by atoms with Gasteiger partial charge in [0.2, 0.25) is 0 Å². The molecule has 1 aliphatic heterocycles. The molecule has 6 heteroatoms. The van der Waals surface area contributed by atoms with Crippen LogP contribution in [0.2, 0.25) is 0 Å².